The van der Waals surface area contributed by atoms with Crippen molar-refractivity contribution >= 4 is 40.8 Å². The number of amides is 2. The fraction of sp³-hybridized carbons (Fsp3) is 0.360. The Kier molecular flexibility index (Phi) is 9.38. The standard InChI is InChI=1S/C25H29N3O4S/c29-22(13-14-23(30)32-18-15-19-7-3-1-4-8-19)27-25(33)26-21-11-9-20(10-12-21)24(31)28-16-5-2-6-17-28/h1,3-4,7-12H,2,5-6,13-18H2,(H2,26,27,29,33). The van der Waals surface area contributed by atoms with E-state index in [0.717, 1.165) is 31.5 Å². The molecule has 174 valence electrons. The molecule has 2 N–H and O–H groups in total. The van der Waals surface area contributed by atoms with E-state index in [4.69, 9.17) is 17.0 Å². The summed E-state index contributed by atoms with van der Waals surface area (Å²) >= 11 is 5.17. The molecule has 0 unspecified atom stereocenters. The Balaban J connectivity index is 1.34. The molecule has 1 saturated heterocycles. The number of likely N-dealkylation sites (tertiary alicyclic amines) is 1. The van der Waals surface area contributed by atoms with Crippen LogP contribution in [0, 0.1) is 0 Å². The highest BCUT2D eigenvalue weighted by Crippen LogP contribution is 2.15. The number of anilines is 1. The summed E-state index contributed by atoms with van der Waals surface area (Å²) in [5.74, 6) is -0.758. The molecule has 0 radical (unpaired) electrons. The van der Waals surface area contributed by atoms with Gasteiger partial charge >= 0.3 is 5.97 Å². The monoisotopic (exact) mass is 467 g/mol. The smallest absolute Gasteiger partial charge is 0.306 e. The van der Waals surface area contributed by atoms with E-state index < -0.39 is 5.97 Å². The molecule has 0 aromatic heterocycles. The molecule has 33 heavy (non-hydrogen) atoms. The van der Waals surface area contributed by atoms with E-state index in [0.29, 0.717) is 17.7 Å². The van der Waals surface area contributed by atoms with E-state index >= 15 is 0 Å². The first-order valence-corrected chi connectivity index (χ1v) is 11.6. The summed E-state index contributed by atoms with van der Waals surface area (Å²) in [6, 6.07) is 16.7. The van der Waals surface area contributed by atoms with Gasteiger partial charge in [0.1, 0.15) is 0 Å². The molecule has 0 aliphatic carbocycles. The number of benzene rings is 2. The molecule has 2 aromatic rings. The van der Waals surface area contributed by atoms with E-state index in [1.807, 2.05) is 35.2 Å². The topological polar surface area (TPSA) is 87.7 Å². The number of carbonyl (C=O) groups is 3. The van der Waals surface area contributed by atoms with Crippen LogP contribution in [-0.4, -0.2) is 47.5 Å². The lowest BCUT2D eigenvalue weighted by atomic mass is 10.1. The summed E-state index contributed by atoms with van der Waals surface area (Å²) in [7, 11) is 0. The zero-order valence-corrected chi connectivity index (χ0v) is 19.4. The van der Waals surface area contributed by atoms with Crippen molar-refractivity contribution in [1.29, 1.82) is 0 Å². The fourth-order valence-electron chi connectivity index (χ4n) is 3.54. The number of nitrogens with zero attached hydrogens (tertiary/aromatic N) is 1. The Morgan fingerprint density at radius 1 is 0.909 bits per heavy atom. The van der Waals surface area contributed by atoms with Gasteiger partial charge in [-0.1, -0.05) is 30.3 Å². The first-order chi connectivity index (χ1) is 16.0. The van der Waals surface area contributed by atoms with Crippen LogP contribution in [0.4, 0.5) is 5.69 Å². The summed E-state index contributed by atoms with van der Waals surface area (Å²) in [6.45, 7) is 1.88. The molecule has 3 rings (SSSR count). The number of ether oxygens (including phenoxy) is 1. The zero-order chi connectivity index (χ0) is 23.5. The Morgan fingerprint density at radius 2 is 1.61 bits per heavy atom. The Labute approximate surface area is 199 Å². The van der Waals surface area contributed by atoms with E-state index in [1.165, 1.54) is 6.42 Å². The summed E-state index contributed by atoms with van der Waals surface area (Å²) in [6.07, 6.45) is 3.86. The second kappa shape index (κ2) is 12.7. The van der Waals surface area contributed by atoms with Gasteiger partial charge in [0.05, 0.1) is 13.0 Å². The largest absolute Gasteiger partial charge is 0.465 e. The van der Waals surface area contributed by atoms with Crippen molar-refractivity contribution in [2.75, 3.05) is 25.0 Å². The van der Waals surface area contributed by atoms with Gasteiger partial charge in [0, 0.05) is 37.2 Å². The average Bonchev–Trinajstić information content (AvgIpc) is 2.84. The van der Waals surface area contributed by atoms with Gasteiger partial charge in [-0.25, -0.2) is 0 Å². The fourth-order valence-corrected chi connectivity index (χ4v) is 3.77. The Morgan fingerprint density at radius 3 is 2.30 bits per heavy atom. The maximum Gasteiger partial charge on any atom is 0.306 e. The molecule has 2 aromatic carbocycles. The van der Waals surface area contributed by atoms with Crippen LogP contribution < -0.4 is 10.6 Å². The van der Waals surface area contributed by atoms with Crippen LogP contribution in [0.3, 0.4) is 0 Å². The number of carbonyl (C=O) groups excluding carboxylic acids is 3. The molecular weight excluding hydrogens is 438 g/mol. The van der Waals surface area contributed by atoms with Crippen molar-refractivity contribution in [3.63, 3.8) is 0 Å². The molecule has 2 amide bonds. The van der Waals surface area contributed by atoms with Gasteiger partial charge in [-0.3, -0.25) is 14.4 Å². The van der Waals surface area contributed by atoms with Crippen molar-refractivity contribution < 1.29 is 19.1 Å². The average molecular weight is 468 g/mol. The van der Waals surface area contributed by atoms with Crippen LogP contribution in [0.25, 0.3) is 0 Å². The summed E-state index contributed by atoms with van der Waals surface area (Å²) < 4.78 is 5.17. The highest BCUT2D eigenvalue weighted by molar-refractivity contribution is 7.80. The van der Waals surface area contributed by atoms with Gasteiger partial charge in [0.25, 0.3) is 5.91 Å². The first-order valence-electron chi connectivity index (χ1n) is 11.2. The summed E-state index contributed by atoms with van der Waals surface area (Å²) in [4.78, 5) is 38.3. The molecule has 0 bridgehead atoms. The van der Waals surface area contributed by atoms with Gasteiger partial charge in [0.2, 0.25) is 5.91 Å². The SMILES string of the molecule is O=C(CCC(=O)OCCc1ccccc1)NC(=S)Nc1ccc(C(=O)N2CCCCC2)cc1. The molecule has 8 heteroatoms. The lowest BCUT2D eigenvalue weighted by Gasteiger charge is -2.26. The molecule has 0 atom stereocenters. The Hall–Kier alpha value is -3.26. The number of hydrogen-bond acceptors (Lipinski definition) is 5. The number of piperidine rings is 1. The highest BCUT2D eigenvalue weighted by atomic mass is 32.1. The quantitative estimate of drug-likeness (QED) is 0.455. The molecule has 0 spiro atoms. The van der Waals surface area contributed by atoms with E-state index in [9.17, 15) is 14.4 Å². The van der Waals surface area contributed by atoms with E-state index in [-0.39, 0.29) is 36.4 Å². The van der Waals surface area contributed by atoms with Gasteiger partial charge in [-0.15, -0.1) is 0 Å². The van der Waals surface area contributed by atoms with Crippen LogP contribution in [-0.2, 0) is 20.7 Å². The van der Waals surface area contributed by atoms with Crippen LogP contribution in [0.5, 0.6) is 0 Å². The predicted molar refractivity (Wildman–Crippen MR) is 131 cm³/mol. The van der Waals surface area contributed by atoms with Crippen LogP contribution in [0.15, 0.2) is 54.6 Å². The van der Waals surface area contributed by atoms with Crippen molar-refractivity contribution in [2.45, 2.75) is 38.5 Å². The summed E-state index contributed by atoms with van der Waals surface area (Å²) in [5, 5.41) is 5.60. The minimum atomic E-state index is -0.422. The Bertz CT molecular complexity index is 957. The minimum absolute atomic E-state index is 0.0173. The van der Waals surface area contributed by atoms with Gasteiger partial charge in [-0.05, 0) is 61.3 Å². The van der Waals surface area contributed by atoms with Crippen molar-refractivity contribution in [3.8, 4) is 0 Å². The normalized spacial score (nSPS) is 13.2. The molecule has 1 fully saturated rings. The second-order valence-electron chi connectivity index (χ2n) is 7.89. The van der Waals surface area contributed by atoms with Gasteiger partial charge in [0.15, 0.2) is 5.11 Å². The highest BCUT2D eigenvalue weighted by Gasteiger charge is 2.18. The predicted octanol–water partition coefficient (Wildman–Crippen LogP) is 3.69. The van der Waals surface area contributed by atoms with Gasteiger partial charge < -0.3 is 20.3 Å². The number of rotatable bonds is 8. The third kappa shape index (κ3) is 8.31. The van der Waals surface area contributed by atoms with E-state index in [1.54, 1.807) is 24.3 Å². The van der Waals surface area contributed by atoms with Gasteiger partial charge in [-0.2, -0.15) is 0 Å². The van der Waals surface area contributed by atoms with Crippen molar-refractivity contribution in [3.05, 3.63) is 65.7 Å². The maximum atomic E-state index is 12.5. The van der Waals surface area contributed by atoms with Crippen LogP contribution in [0.1, 0.15) is 48.0 Å². The van der Waals surface area contributed by atoms with Crippen molar-refractivity contribution in [2.24, 2.45) is 0 Å². The molecule has 1 aliphatic rings. The molecule has 1 heterocycles. The lowest BCUT2D eigenvalue weighted by Crippen LogP contribution is -2.35. The van der Waals surface area contributed by atoms with E-state index in [2.05, 4.69) is 10.6 Å². The first kappa shape index (κ1) is 24.4. The summed E-state index contributed by atoms with van der Waals surface area (Å²) in [5.41, 5.74) is 2.38. The number of thiocarbonyl (C=S) groups is 1. The maximum absolute atomic E-state index is 12.5. The molecule has 1 aliphatic heterocycles. The number of esters is 1. The van der Waals surface area contributed by atoms with Crippen LogP contribution >= 0.6 is 12.2 Å². The zero-order valence-electron chi connectivity index (χ0n) is 18.5. The minimum Gasteiger partial charge on any atom is -0.465 e. The third-order valence-corrected chi connectivity index (χ3v) is 5.54. The molecule has 0 saturated carbocycles. The van der Waals surface area contributed by atoms with Crippen molar-refractivity contribution in [1.82, 2.24) is 10.2 Å². The number of nitrogens with one attached hydrogen (secondary N) is 2. The number of hydrogen-bond donors (Lipinski definition) is 2. The molecule has 7 nitrogen and oxygen atoms in total. The van der Waals surface area contributed by atoms with Crippen LogP contribution in [0.2, 0.25) is 0 Å². The molecular formula is C25H29N3O4S. The third-order valence-electron chi connectivity index (χ3n) is 5.34. The second-order valence-corrected chi connectivity index (χ2v) is 8.30. The lowest BCUT2D eigenvalue weighted by molar-refractivity contribution is -0.144.